The molecule has 2 N–H and O–H groups in total. The van der Waals surface area contributed by atoms with E-state index in [-0.39, 0.29) is 12.1 Å². The van der Waals surface area contributed by atoms with Crippen LogP contribution in [0.25, 0.3) is 0 Å². The number of benzene rings is 2. The number of hydrogen-bond donors (Lipinski definition) is 2. The molecule has 1 fully saturated rings. The predicted molar refractivity (Wildman–Crippen MR) is 176 cm³/mol. The van der Waals surface area contributed by atoms with Crippen LogP contribution < -0.4 is 15.4 Å². The molecule has 2 aromatic carbocycles. The molecular weight excluding hydrogens is 703 g/mol. The number of rotatable bonds is 13. The molecule has 0 aliphatic carbocycles. The zero-order chi connectivity index (χ0) is 36.8. The summed E-state index contributed by atoms with van der Waals surface area (Å²) in [4.78, 5) is 62.2. The average molecular weight is 738 g/mol. The third kappa shape index (κ3) is 9.56. The fourth-order valence-electron chi connectivity index (χ4n) is 5.53. The van der Waals surface area contributed by atoms with Gasteiger partial charge in [0.1, 0.15) is 23.5 Å². The van der Waals surface area contributed by atoms with Crippen LogP contribution in [-0.2, 0) is 36.4 Å². The number of carbonyl (C=O) groups excluding carboxylic acids is 4. The Morgan fingerprint density at radius 2 is 1.74 bits per heavy atom. The lowest BCUT2D eigenvalue weighted by Gasteiger charge is -2.30. The minimum Gasteiger partial charge on any atom is -0.497 e. The second-order valence-corrected chi connectivity index (χ2v) is 14.8. The molecule has 4 atom stereocenters. The second-order valence-electron chi connectivity index (χ2n) is 12.1. The summed E-state index contributed by atoms with van der Waals surface area (Å²) in [5, 5.41) is 3.67. The topological polar surface area (TPSA) is 165 Å². The van der Waals surface area contributed by atoms with Crippen molar-refractivity contribution in [2.75, 3.05) is 13.7 Å². The lowest BCUT2D eigenvalue weighted by atomic mass is 9.98. The molecule has 1 aliphatic rings. The van der Waals surface area contributed by atoms with E-state index in [9.17, 15) is 40.8 Å². The summed E-state index contributed by atoms with van der Waals surface area (Å²) in [7, 11) is -2.64. The average Bonchev–Trinajstić information content (AvgIpc) is 3.53. The van der Waals surface area contributed by atoms with Crippen LogP contribution in [0, 0.1) is 5.92 Å². The van der Waals surface area contributed by atoms with Crippen LogP contribution in [0.4, 0.5) is 13.2 Å². The summed E-state index contributed by atoms with van der Waals surface area (Å²) < 4.78 is 72.9. The van der Waals surface area contributed by atoms with E-state index in [1.165, 1.54) is 45.5 Å². The predicted octanol–water partition coefficient (Wildman–Crippen LogP) is 3.34. The monoisotopic (exact) mass is 737 g/mol. The molecule has 2 heterocycles. The van der Waals surface area contributed by atoms with E-state index in [0.717, 1.165) is 11.1 Å². The molecule has 0 bridgehead atoms. The van der Waals surface area contributed by atoms with Gasteiger partial charge in [-0.05, 0) is 47.7 Å². The van der Waals surface area contributed by atoms with Crippen LogP contribution in [0.15, 0.2) is 67.1 Å². The highest BCUT2D eigenvalue weighted by molar-refractivity contribution is 7.91. The summed E-state index contributed by atoms with van der Waals surface area (Å²) in [6, 6.07) is 7.55. The lowest BCUT2D eigenvalue weighted by molar-refractivity contribution is -0.175. The van der Waals surface area contributed by atoms with Gasteiger partial charge in [0.15, 0.2) is 9.84 Å². The third-order valence-electron chi connectivity index (χ3n) is 8.14. The van der Waals surface area contributed by atoms with Gasteiger partial charge in [0, 0.05) is 30.4 Å². The van der Waals surface area contributed by atoms with E-state index in [2.05, 4.69) is 20.6 Å². The van der Waals surface area contributed by atoms with Crippen molar-refractivity contribution in [3.05, 3.63) is 89.0 Å². The van der Waals surface area contributed by atoms with Gasteiger partial charge in [-0.1, -0.05) is 49.7 Å². The number of alkyl halides is 3. The van der Waals surface area contributed by atoms with Crippen molar-refractivity contribution in [2.45, 2.75) is 62.0 Å². The fourth-order valence-corrected chi connectivity index (χ4v) is 7.50. The molecule has 0 unspecified atom stereocenters. The first kappa shape index (κ1) is 38.2. The number of halogens is 4. The summed E-state index contributed by atoms with van der Waals surface area (Å²) in [6.45, 7) is 2.08. The molecule has 50 heavy (non-hydrogen) atoms. The number of amides is 3. The van der Waals surface area contributed by atoms with Gasteiger partial charge in [0.05, 0.1) is 30.4 Å². The van der Waals surface area contributed by atoms with Crippen LogP contribution in [0.3, 0.4) is 0 Å². The van der Waals surface area contributed by atoms with Crippen molar-refractivity contribution in [1.82, 2.24) is 25.5 Å². The third-order valence-corrected chi connectivity index (χ3v) is 10.5. The van der Waals surface area contributed by atoms with Gasteiger partial charge in [-0.3, -0.25) is 24.2 Å². The molecule has 0 saturated carbocycles. The Morgan fingerprint density at radius 1 is 1.04 bits per heavy atom. The quantitative estimate of drug-likeness (QED) is 0.268. The van der Waals surface area contributed by atoms with Gasteiger partial charge in [-0.25, -0.2) is 13.4 Å². The van der Waals surface area contributed by atoms with Crippen LogP contribution >= 0.6 is 11.6 Å². The molecule has 3 aromatic rings. The maximum Gasteiger partial charge on any atom is 0.452 e. The molecule has 12 nitrogen and oxygen atoms in total. The highest BCUT2D eigenvalue weighted by Gasteiger charge is 2.49. The summed E-state index contributed by atoms with van der Waals surface area (Å²) in [6.07, 6.45) is -2.17. The van der Waals surface area contributed by atoms with Gasteiger partial charge in [0.2, 0.25) is 11.8 Å². The Balaban J connectivity index is 1.70. The molecule has 1 aliphatic heterocycles. The number of Topliss-reactive ketones (excluding diaryl/α,β-unsaturated/α-hetero) is 1. The Bertz CT molecular complexity index is 1810. The molecule has 0 spiro atoms. The summed E-state index contributed by atoms with van der Waals surface area (Å²) >= 11 is 6.15. The van der Waals surface area contributed by atoms with Crippen molar-refractivity contribution in [1.29, 1.82) is 0 Å². The first-order valence-electron chi connectivity index (χ1n) is 15.4. The van der Waals surface area contributed by atoms with E-state index < -0.39 is 87.5 Å². The van der Waals surface area contributed by atoms with Crippen molar-refractivity contribution < 1.29 is 45.5 Å². The largest absolute Gasteiger partial charge is 0.497 e. The molecule has 17 heteroatoms. The number of methoxy groups -OCH3 is 1. The van der Waals surface area contributed by atoms with Gasteiger partial charge in [-0.2, -0.15) is 13.2 Å². The highest BCUT2D eigenvalue weighted by atomic mass is 35.5. The zero-order valence-corrected chi connectivity index (χ0v) is 28.8. The fraction of sp³-hybridized carbons (Fsp3) is 0.394. The van der Waals surface area contributed by atoms with Crippen molar-refractivity contribution in [3.63, 3.8) is 0 Å². The van der Waals surface area contributed by atoms with Gasteiger partial charge >= 0.3 is 6.18 Å². The maximum atomic E-state index is 14.3. The number of nitrogens with one attached hydrogen (secondary N) is 2. The van der Waals surface area contributed by atoms with Crippen LogP contribution in [-0.4, -0.2) is 90.0 Å². The molecule has 4 rings (SSSR count). The van der Waals surface area contributed by atoms with Gasteiger partial charge < -0.3 is 20.3 Å². The van der Waals surface area contributed by atoms with E-state index in [0.29, 0.717) is 21.9 Å². The normalized spacial score (nSPS) is 17.6. The first-order chi connectivity index (χ1) is 23.5. The summed E-state index contributed by atoms with van der Waals surface area (Å²) in [5.41, 5.74) is 0.745. The number of nitrogens with zero attached hydrogens (tertiary/aromatic N) is 3. The molecular formula is C33H35ClF3N5O7S. The number of carbonyl (C=O) groups is 4. The molecule has 268 valence electrons. The highest BCUT2D eigenvalue weighted by Crippen LogP contribution is 2.29. The SMILES string of the molecule is COc1ccc(CS(=O)(=O)[C@@H]2C[C@@H](C(=O)N[C@H](C(=O)C(F)(F)F)C(C)C)N(C(=O)[C@H](Cc3cccc(Cl)c3)NC(=O)c3cnccn3)C2)cc1. The standard InChI is InChI=1S/C33H35ClF3N5O7S/c1-19(2)28(29(43)33(35,36)37)41-31(45)27-15-24(50(47,48)18-20-7-9-23(49-3)10-8-20)17-42(27)32(46)25(14-21-5-4-6-22(34)13-21)40-30(44)26-16-38-11-12-39-26/h4-13,16,19,24-25,27-28H,14-15,17-18H2,1-3H3,(H,40,44)(H,41,45)/t24-,25+,27+,28+/m1/s1. The lowest BCUT2D eigenvalue weighted by Crippen LogP contribution is -2.57. The Hall–Kier alpha value is -4.57. The smallest absolute Gasteiger partial charge is 0.452 e. The van der Waals surface area contributed by atoms with Crippen LogP contribution in [0.5, 0.6) is 5.75 Å². The number of likely N-dealkylation sites (tertiary alicyclic amines) is 1. The van der Waals surface area contributed by atoms with Gasteiger partial charge in [-0.15, -0.1) is 0 Å². The van der Waals surface area contributed by atoms with Crippen molar-refractivity contribution in [3.8, 4) is 5.75 Å². The zero-order valence-electron chi connectivity index (χ0n) is 27.2. The number of sulfone groups is 1. The minimum absolute atomic E-state index is 0.141. The van der Waals surface area contributed by atoms with E-state index in [1.54, 1.807) is 36.4 Å². The van der Waals surface area contributed by atoms with Crippen LogP contribution in [0.1, 0.15) is 41.9 Å². The minimum atomic E-state index is -5.27. The van der Waals surface area contributed by atoms with E-state index in [1.807, 2.05) is 0 Å². The molecule has 0 radical (unpaired) electrons. The molecule has 1 aromatic heterocycles. The Morgan fingerprint density at radius 3 is 2.32 bits per heavy atom. The molecule has 3 amide bonds. The van der Waals surface area contributed by atoms with E-state index in [4.69, 9.17) is 16.3 Å². The number of ether oxygens (including phenoxy) is 1. The molecule has 1 saturated heterocycles. The number of ketones is 1. The van der Waals surface area contributed by atoms with E-state index >= 15 is 0 Å². The second kappa shape index (κ2) is 16.0. The number of aromatic nitrogens is 2. The Labute approximate surface area is 291 Å². The van der Waals surface area contributed by atoms with Crippen LogP contribution in [0.2, 0.25) is 5.02 Å². The van der Waals surface area contributed by atoms with Crippen molar-refractivity contribution >= 4 is 44.9 Å². The summed E-state index contributed by atoms with van der Waals surface area (Å²) in [5.74, 6) is -6.05. The first-order valence-corrected chi connectivity index (χ1v) is 17.5. The maximum absolute atomic E-state index is 14.3. The van der Waals surface area contributed by atoms with Crippen molar-refractivity contribution in [2.24, 2.45) is 5.92 Å². The Kier molecular flexibility index (Phi) is 12.2. The van der Waals surface area contributed by atoms with Gasteiger partial charge in [0.25, 0.3) is 11.7 Å². The number of hydrogen-bond acceptors (Lipinski definition) is 9.